The quantitative estimate of drug-likeness (QED) is 0.733. The van der Waals surface area contributed by atoms with E-state index in [0.717, 1.165) is 17.1 Å². The van der Waals surface area contributed by atoms with Gasteiger partial charge in [-0.25, -0.2) is 0 Å². The number of hydrogen-bond donors (Lipinski definition) is 3. The summed E-state index contributed by atoms with van der Waals surface area (Å²) in [6, 6.07) is 3.02. The Labute approximate surface area is 124 Å². The monoisotopic (exact) mass is 304 g/mol. The number of anilines is 2. The predicted octanol–water partition coefficient (Wildman–Crippen LogP) is 1.73. The first-order chi connectivity index (χ1) is 9.89. The van der Waals surface area contributed by atoms with Crippen molar-refractivity contribution in [3.8, 4) is 5.75 Å². The fourth-order valence-electron chi connectivity index (χ4n) is 2.16. The number of aromatic hydroxyl groups is 1. The summed E-state index contributed by atoms with van der Waals surface area (Å²) >= 11 is 1.06. The van der Waals surface area contributed by atoms with Crippen molar-refractivity contribution in [3.05, 3.63) is 28.8 Å². The number of phenols is 1. The van der Waals surface area contributed by atoms with Crippen LogP contribution in [0.15, 0.2) is 17.5 Å². The van der Waals surface area contributed by atoms with E-state index in [1.807, 2.05) is 0 Å². The lowest BCUT2D eigenvalue weighted by Gasteiger charge is -2.16. The fourth-order valence-corrected chi connectivity index (χ4v) is 2.60. The maximum absolute atomic E-state index is 12.0. The zero-order chi connectivity index (χ0) is 15.2. The van der Waals surface area contributed by atoms with E-state index in [2.05, 4.69) is 20.2 Å². The van der Waals surface area contributed by atoms with E-state index < -0.39 is 11.3 Å². The van der Waals surface area contributed by atoms with E-state index in [-0.39, 0.29) is 23.0 Å². The van der Waals surface area contributed by atoms with E-state index in [1.54, 1.807) is 19.9 Å². The van der Waals surface area contributed by atoms with Crippen molar-refractivity contribution in [3.63, 3.8) is 0 Å². The van der Waals surface area contributed by atoms with Gasteiger partial charge in [0.1, 0.15) is 5.75 Å². The maximum Gasteiger partial charge on any atom is 0.277 e. The van der Waals surface area contributed by atoms with Crippen LogP contribution < -0.4 is 10.6 Å². The first kappa shape index (κ1) is 13.5. The molecular weight excluding hydrogens is 292 g/mol. The van der Waals surface area contributed by atoms with Gasteiger partial charge in [-0.15, -0.1) is 5.10 Å². The molecule has 108 valence electrons. The highest BCUT2D eigenvalue weighted by Gasteiger charge is 2.39. The molecule has 0 radical (unpaired) electrons. The molecule has 0 fully saturated rings. The zero-order valence-electron chi connectivity index (χ0n) is 11.3. The number of phenolic OH excluding ortho intramolecular Hbond substituents is 1. The van der Waals surface area contributed by atoms with Crippen LogP contribution in [0, 0.1) is 0 Å². The normalized spacial score (nSPS) is 15.4. The highest BCUT2D eigenvalue weighted by molar-refractivity contribution is 7.03. The molecule has 21 heavy (non-hydrogen) atoms. The largest absolute Gasteiger partial charge is 0.506 e. The number of carbonyl (C=O) groups is 2. The van der Waals surface area contributed by atoms with Crippen molar-refractivity contribution in [2.75, 3.05) is 10.6 Å². The Balaban J connectivity index is 1.97. The second kappa shape index (κ2) is 4.52. The first-order valence-corrected chi connectivity index (χ1v) is 7.00. The van der Waals surface area contributed by atoms with E-state index in [4.69, 9.17) is 0 Å². The van der Waals surface area contributed by atoms with Crippen molar-refractivity contribution in [2.24, 2.45) is 0 Å². The van der Waals surface area contributed by atoms with Gasteiger partial charge in [-0.05, 0) is 37.0 Å². The summed E-state index contributed by atoms with van der Waals surface area (Å²) in [6.45, 7) is 3.56. The van der Waals surface area contributed by atoms with Crippen molar-refractivity contribution in [1.82, 2.24) is 9.59 Å². The molecule has 0 bridgehead atoms. The van der Waals surface area contributed by atoms with Gasteiger partial charge in [0.25, 0.3) is 5.91 Å². The number of amides is 2. The summed E-state index contributed by atoms with van der Waals surface area (Å²) < 4.78 is 3.61. The van der Waals surface area contributed by atoms with E-state index in [0.29, 0.717) is 5.69 Å². The van der Waals surface area contributed by atoms with Crippen LogP contribution in [0.1, 0.15) is 29.9 Å². The second-order valence-electron chi connectivity index (χ2n) is 5.24. The summed E-state index contributed by atoms with van der Waals surface area (Å²) in [5, 5.41) is 20.4. The third-order valence-electron chi connectivity index (χ3n) is 3.47. The molecule has 8 heteroatoms. The molecule has 2 heterocycles. The van der Waals surface area contributed by atoms with Crippen LogP contribution in [0.25, 0.3) is 0 Å². The lowest BCUT2D eigenvalue weighted by Crippen LogP contribution is -2.26. The van der Waals surface area contributed by atoms with E-state index in [1.165, 1.54) is 11.4 Å². The van der Waals surface area contributed by atoms with Crippen LogP contribution in [-0.4, -0.2) is 26.5 Å². The summed E-state index contributed by atoms with van der Waals surface area (Å²) in [4.78, 5) is 23.8. The molecule has 0 unspecified atom stereocenters. The number of fused-ring (bicyclic) bond motifs is 1. The predicted molar refractivity (Wildman–Crippen MR) is 77.6 cm³/mol. The number of rotatable bonds is 2. The molecule has 1 aromatic carbocycles. The van der Waals surface area contributed by atoms with Gasteiger partial charge in [-0.1, -0.05) is 4.49 Å². The van der Waals surface area contributed by atoms with Gasteiger partial charge in [-0.2, -0.15) is 0 Å². The summed E-state index contributed by atoms with van der Waals surface area (Å²) in [5.74, 6) is -0.735. The summed E-state index contributed by atoms with van der Waals surface area (Å²) in [7, 11) is 0. The first-order valence-electron chi connectivity index (χ1n) is 6.17. The molecular formula is C13H12N4O3S. The molecule has 2 aromatic rings. The Hall–Kier alpha value is -2.48. The van der Waals surface area contributed by atoms with Crippen molar-refractivity contribution >= 4 is 34.7 Å². The molecule has 0 saturated heterocycles. The van der Waals surface area contributed by atoms with Crippen LogP contribution in [0.5, 0.6) is 5.75 Å². The number of nitrogens with one attached hydrogen (secondary N) is 2. The Morgan fingerprint density at radius 2 is 2.19 bits per heavy atom. The smallest absolute Gasteiger partial charge is 0.277 e. The second-order valence-corrected chi connectivity index (χ2v) is 5.85. The molecule has 1 aliphatic rings. The van der Waals surface area contributed by atoms with Crippen molar-refractivity contribution < 1.29 is 14.7 Å². The van der Waals surface area contributed by atoms with Gasteiger partial charge in [0, 0.05) is 17.1 Å². The van der Waals surface area contributed by atoms with Gasteiger partial charge in [-0.3, -0.25) is 9.59 Å². The van der Waals surface area contributed by atoms with Crippen LogP contribution in [0.2, 0.25) is 0 Å². The molecule has 7 nitrogen and oxygen atoms in total. The third kappa shape index (κ3) is 2.13. The molecule has 1 aromatic heterocycles. The highest BCUT2D eigenvalue weighted by atomic mass is 32.1. The van der Waals surface area contributed by atoms with Gasteiger partial charge < -0.3 is 15.7 Å². The minimum atomic E-state index is -0.718. The minimum absolute atomic E-state index is 0.122. The molecule has 3 N–H and O–H groups in total. The third-order valence-corrected chi connectivity index (χ3v) is 3.97. The van der Waals surface area contributed by atoms with Crippen LogP contribution in [0.3, 0.4) is 0 Å². The Bertz CT molecular complexity index is 740. The number of hydrogen-bond acceptors (Lipinski definition) is 6. The Kier molecular flexibility index (Phi) is 2.91. The van der Waals surface area contributed by atoms with Crippen molar-refractivity contribution in [2.45, 2.75) is 19.3 Å². The number of aromatic nitrogens is 2. The molecule has 1 aliphatic heterocycles. The standard InChI is InChI=1S/C13H12N4O3S/c1-13(2)6-3-8(10(18)4-7(6)15-12(13)20)14-11(19)9-5-21-17-16-9/h3-5,18H,1-2H3,(H,14,19)(H,15,20). The number of carbonyl (C=O) groups excluding carboxylic acids is 2. The number of nitrogens with zero attached hydrogens (tertiary/aromatic N) is 2. The molecule has 0 spiro atoms. The van der Waals surface area contributed by atoms with Gasteiger partial charge >= 0.3 is 0 Å². The van der Waals surface area contributed by atoms with Crippen LogP contribution in [-0.2, 0) is 10.2 Å². The lowest BCUT2D eigenvalue weighted by molar-refractivity contribution is -0.119. The highest BCUT2D eigenvalue weighted by Crippen LogP contribution is 2.42. The van der Waals surface area contributed by atoms with Gasteiger partial charge in [0.15, 0.2) is 5.69 Å². The molecule has 0 saturated carbocycles. The number of benzene rings is 1. The van der Waals surface area contributed by atoms with E-state index >= 15 is 0 Å². The SMILES string of the molecule is CC1(C)C(=O)Nc2cc(O)c(NC(=O)c3csnn3)cc21. The maximum atomic E-state index is 12.0. The summed E-state index contributed by atoms with van der Waals surface area (Å²) in [5.41, 5.74) is 0.961. The minimum Gasteiger partial charge on any atom is -0.506 e. The fraction of sp³-hybridized carbons (Fsp3) is 0.231. The van der Waals surface area contributed by atoms with Crippen LogP contribution >= 0.6 is 11.5 Å². The van der Waals surface area contributed by atoms with Crippen LogP contribution in [0.4, 0.5) is 11.4 Å². The Morgan fingerprint density at radius 3 is 2.86 bits per heavy atom. The Morgan fingerprint density at radius 1 is 1.43 bits per heavy atom. The summed E-state index contributed by atoms with van der Waals surface area (Å²) in [6.07, 6.45) is 0. The molecule has 3 rings (SSSR count). The average molecular weight is 304 g/mol. The molecule has 0 atom stereocenters. The molecule has 2 amide bonds. The van der Waals surface area contributed by atoms with Gasteiger partial charge in [0.2, 0.25) is 5.91 Å². The van der Waals surface area contributed by atoms with Crippen molar-refractivity contribution in [1.29, 1.82) is 0 Å². The van der Waals surface area contributed by atoms with Gasteiger partial charge in [0.05, 0.1) is 11.1 Å². The average Bonchev–Trinajstić information content (AvgIpc) is 3.01. The lowest BCUT2D eigenvalue weighted by atomic mass is 9.86. The molecule has 0 aliphatic carbocycles. The topological polar surface area (TPSA) is 104 Å². The van der Waals surface area contributed by atoms with E-state index in [9.17, 15) is 14.7 Å². The zero-order valence-corrected chi connectivity index (χ0v) is 12.1.